The molecule has 3 aromatic rings. The molecule has 0 bridgehead atoms. The van der Waals surface area contributed by atoms with Gasteiger partial charge in [-0.2, -0.15) is 4.98 Å². The van der Waals surface area contributed by atoms with E-state index in [4.69, 9.17) is 4.42 Å². The molecule has 1 saturated carbocycles. The minimum Gasteiger partial charge on any atom is -0.445 e. The lowest BCUT2D eigenvalue weighted by Gasteiger charge is -2.14. The smallest absolute Gasteiger partial charge is 0.255 e. The fraction of sp³-hybridized carbons (Fsp3) is 0.316. The zero-order valence-electron chi connectivity index (χ0n) is 15.2. The van der Waals surface area contributed by atoms with Gasteiger partial charge in [0.05, 0.1) is 10.9 Å². The largest absolute Gasteiger partial charge is 0.445 e. The molecule has 2 N–H and O–H groups in total. The first kappa shape index (κ1) is 18.3. The van der Waals surface area contributed by atoms with Crippen molar-refractivity contribution in [3.05, 3.63) is 52.8 Å². The molecule has 1 aliphatic rings. The normalized spacial score (nSPS) is 14.9. The second-order valence-corrected chi connectivity index (χ2v) is 7.19. The second kappa shape index (κ2) is 6.50. The van der Waals surface area contributed by atoms with Crippen molar-refractivity contribution in [2.75, 3.05) is 5.32 Å². The highest BCUT2D eigenvalue weighted by atomic mass is 19.2. The molecule has 4 rings (SSSR count). The number of carbonyl (C=O) groups excluding carboxylic acids is 1. The Balaban J connectivity index is 1.61. The molecule has 2 heterocycles. The van der Waals surface area contributed by atoms with Gasteiger partial charge in [-0.3, -0.25) is 4.79 Å². The Hall–Kier alpha value is -3.10. The summed E-state index contributed by atoms with van der Waals surface area (Å²) in [5, 5.41) is 6.31. The third-order valence-corrected chi connectivity index (χ3v) is 4.71. The third-order valence-electron chi connectivity index (χ3n) is 4.71. The Morgan fingerprint density at radius 1 is 1.21 bits per heavy atom. The van der Waals surface area contributed by atoms with E-state index < -0.39 is 23.4 Å². The monoisotopic (exact) mass is 390 g/mol. The number of aromatic nitrogens is 2. The van der Waals surface area contributed by atoms with Gasteiger partial charge in [0.15, 0.2) is 17.5 Å². The van der Waals surface area contributed by atoms with E-state index >= 15 is 0 Å². The average molecular weight is 390 g/mol. The number of aryl methyl sites for hydroxylation is 1. The number of carbonyl (C=O) groups is 1. The first-order chi connectivity index (χ1) is 13.3. The zero-order chi connectivity index (χ0) is 20.1. The van der Waals surface area contributed by atoms with Gasteiger partial charge in [0.25, 0.3) is 5.91 Å². The first-order valence-corrected chi connectivity index (χ1v) is 8.71. The number of halogens is 3. The number of rotatable bonds is 5. The van der Waals surface area contributed by atoms with Crippen molar-refractivity contribution in [2.24, 2.45) is 0 Å². The van der Waals surface area contributed by atoms with E-state index in [0.717, 1.165) is 25.0 Å². The maximum atomic E-state index is 13.3. The van der Waals surface area contributed by atoms with Crippen LogP contribution in [0.15, 0.2) is 22.8 Å². The third kappa shape index (κ3) is 3.39. The number of nitrogens with one attached hydrogen (secondary N) is 2. The van der Waals surface area contributed by atoms with Gasteiger partial charge >= 0.3 is 0 Å². The molecule has 2 aromatic heterocycles. The van der Waals surface area contributed by atoms with Crippen molar-refractivity contribution in [1.29, 1.82) is 0 Å². The molecule has 0 saturated heterocycles. The minimum atomic E-state index is -1.55. The van der Waals surface area contributed by atoms with E-state index in [2.05, 4.69) is 20.6 Å². The predicted molar refractivity (Wildman–Crippen MR) is 95.3 cm³/mol. The Morgan fingerprint density at radius 2 is 1.89 bits per heavy atom. The molecule has 0 atom stereocenters. The van der Waals surface area contributed by atoms with Crippen LogP contribution in [-0.4, -0.2) is 21.4 Å². The molecule has 1 amide bonds. The van der Waals surface area contributed by atoms with E-state index in [1.165, 1.54) is 6.26 Å². The highest BCUT2D eigenvalue weighted by molar-refractivity contribution is 6.08. The Morgan fingerprint density at radius 3 is 2.54 bits per heavy atom. The molecular formula is C19H17F3N4O2. The van der Waals surface area contributed by atoms with Gasteiger partial charge in [-0.15, -0.1) is 0 Å². The van der Waals surface area contributed by atoms with Gasteiger partial charge in [-0.05, 0) is 44.4 Å². The van der Waals surface area contributed by atoms with Gasteiger partial charge in [0, 0.05) is 12.1 Å². The maximum Gasteiger partial charge on any atom is 0.255 e. The summed E-state index contributed by atoms with van der Waals surface area (Å²) in [6, 6.07) is 1.67. The summed E-state index contributed by atoms with van der Waals surface area (Å²) in [6.45, 7) is 3.58. The maximum absolute atomic E-state index is 13.3. The standard InChI is InChI=1S/C19H17F3N4O2/c1-9-24-16(26-19(2)3-4-19)14-11(8-28-18(14)25-9)17(27)23-7-10-5-12(20)15(22)13(21)6-10/h5-6,8H,3-4,7H2,1-2H3,(H,23,27)(H,24,25,26). The van der Waals surface area contributed by atoms with Crippen LogP contribution >= 0.6 is 0 Å². The molecule has 0 radical (unpaired) electrons. The summed E-state index contributed by atoms with van der Waals surface area (Å²) >= 11 is 0. The number of furan rings is 1. The molecule has 28 heavy (non-hydrogen) atoms. The summed E-state index contributed by atoms with van der Waals surface area (Å²) in [5.41, 5.74) is 0.476. The fourth-order valence-electron chi connectivity index (χ4n) is 2.89. The molecule has 0 unspecified atom stereocenters. The molecule has 1 aliphatic carbocycles. The van der Waals surface area contributed by atoms with Crippen molar-refractivity contribution in [3.8, 4) is 0 Å². The van der Waals surface area contributed by atoms with Crippen LogP contribution in [0.5, 0.6) is 0 Å². The molecule has 9 heteroatoms. The highest BCUT2D eigenvalue weighted by Gasteiger charge is 2.38. The van der Waals surface area contributed by atoms with Crippen LogP contribution in [0, 0.1) is 24.4 Å². The van der Waals surface area contributed by atoms with Crippen LogP contribution in [0.1, 0.15) is 41.5 Å². The number of hydrogen-bond acceptors (Lipinski definition) is 5. The van der Waals surface area contributed by atoms with Crippen LogP contribution in [0.3, 0.4) is 0 Å². The predicted octanol–water partition coefficient (Wildman–Crippen LogP) is 3.84. The summed E-state index contributed by atoms with van der Waals surface area (Å²) < 4.78 is 45.1. The van der Waals surface area contributed by atoms with Crippen LogP contribution in [-0.2, 0) is 6.54 Å². The Bertz CT molecular complexity index is 1070. The molecular weight excluding hydrogens is 373 g/mol. The average Bonchev–Trinajstić information content (AvgIpc) is 3.19. The quantitative estimate of drug-likeness (QED) is 0.647. The van der Waals surface area contributed by atoms with Gasteiger partial charge < -0.3 is 15.1 Å². The summed E-state index contributed by atoms with van der Waals surface area (Å²) in [6.07, 6.45) is 3.23. The van der Waals surface area contributed by atoms with Crippen molar-refractivity contribution < 1.29 is 22.4 Å². The number of anilines is 1. The summed E-state index contributed by atoms with van der Waals surface area (Å²) in [4.78, 5) is 21.2. The van der Waals surface area contributed by atoms with E-state index in [9.17, 15) is 18.0 Å². The highest BCUT2D eigenvalue weighted by Crippen LogP contribution is 2.39. The molecule has 0 aliphatic heterocycles. The number of nitrogens with zero attached hydrogens (tertiary/aromatic N) is 2. The molecule has 0 spiro atoms. The topological polar surface area (TPSA) is 80.0 Å². The lowest BCUT2D eigenvalue weighted by atomic mass is 10.1. The second-order valence-electron chi connectivity index (χ2n) is 7.19. The SMILES string of the molecule is Cc1nc(NC2(C)CC2)c2c(C(=O)NCc3cc(F)c(F)c(F)c3)coc2n1. The van der Waals surface area contributed by atoms with Gasteiger partial charge in [0.2, 0.25) is 5.71 Å². The minimum absolute atomic E-state index is 0.0814. The lowest BCUT2D eigenvalue weighted by Crippen LogP contribution is -2.23. The number of amides is 1. The van der Waals surface area contributed by atoms with Gasteiger partial charge in [0.1, 0.15) is 17.9 Å². The fourth-order valence-corrected chi connectivity index (χ4v) is 2.89. The molecule has 6 nitrogen and oxygen atoms in total. The van der Waals surface area contributed by atoms with E-state index in [-0.39, 0.29) is 28.9 Å². The Kier molecular flexibility index (Phi) is 4.24. The van der Waals surface area contributed by atoms with Crippen LogP contribution in [0.2, 0.25) is 0 Å². The zero-order valence-corrected chi connectivity index (χ0v) is 15.2. The number of fused-ring (bicyclic) bond motifs is 1. The molecule has 146 valence electrons. The van der Waals surface area contributed by atoms with Gasteiger partial charge in [-0.25, -0.2) is 18.2 Å². The van der Waals surface area contributed by atoms with Crippen molar-refractivity contribution in [1.82, 2.24) is 15.3 Å². The summed E-state index contributed by atoms with van der Waals surface area (Å²) in [7, 11) is 0. The van der Waals surface area contributed by atoms with E-state index in [0.29, 0.717) is 17.0 Å². The van der Waals surface area contributed by atoms with Gasteiger partial charge in [-0.1, -0.05) is 0 Å². The van der Waals surface area contributed by atoms with Crippen LogP contribution in [0.25, 0.3) is 11.1 Å². The van der Waals surface area contributed by atoms with E-state index in [1.807, 2.05) is 6.92 Å². The van der Waals surface area contributed by atoms with Crippen molar-refractivity contribution in [3.63, 3.8) is 0 Å². The Labute approximate surface area is 158 Å². The van der Waals surface area contributed by atoms with Crippen molar-refractivity contribution >= 4 is 22.8 Å². The summed E-state index contributed by atoms with van der Waals surface area (Å²) in [5.74, 6) is -3.71. The van der Waals surface area contributed by atoms with Crippen LogP contribution in [0.4, 0.5) is 19.0 Å². The van der Waals surface area contributed by atoms with Crippen molar-refractivity contribution in [2.45, 2.75) is 38.8 Å². The van der Waals surface area contributed by atoms with E-state index in [1.54, 1.807) is 6.92 Å². The molecule has 1 fully saturated rings. The molecule has 1 aromatic carbocycles. The number of benzene rings is 1. The first-order valence-electron chi connectivity index (χ1n) is 8.71. The lowest BCUT2D eigenvalue weighted by molar-refractivity contribution is 0.0951. The van der Waals surface area contributed by atoms with Crippen LogP contribution < -0.4 is 10.6 Å². The number of hydrogen-bond donors (Lipinski definition) is 2.